The van der Waals surface area contributed by atoms with Gasteiger partial charge in [0, 0.05) is 37.3 Å². The fourth-order valence-corrected chi connectivity index (χ4v) is 4.48. The van der Waals surface area contributed by atoms with Gasteiger partial charge in [-0.1, -0.05) is 24.3 Å². The summed E-state index contributed by atoms with van der Waals surface area (Å²) in [7, 11) is 0. The maximum Gasteiger partial charge on any atom is 0.341 e. The molecule has 1 aromatic heterocycles. The molecule has 1 unspecified atom stereocenters. The van der Waals surface area contributed by atoms with Crippen molar-refractivity contribution in [2.24, 2.45) is 5.92 Å². The fourth-order valence-electron chi connectivity index (χ4n) is 4.48. The molecule has 1 atom stereocenters. The molecule has 2 fully saturated rings. The number of carbonyl (C=O) groups is 2. The van der Waals surface area contributed by atoms with Crippen LogP contribution in [0.25, 0.3) is 10.9 Å². The number of Topliss-reactive ketones (excluding diaryl/α,β-unsaturated/α-hetero) is 1. The lowest BCUT2D eigenvalue weighted by Gasteiger charge is -2.38. The monoisotopic (exact) mass is 423 g/mol. The zero-order valence-corrected chi connectivity index (χ0v) is 16.8. The molecule has 0 bridgehead atoms. The van der Waals surface area contributed by atoms with Crippen LogP contribution in [0.2, 0.25) is 0 Å². The first kappa shape index (κ1) is 19.7. The molecule has 0 radical (unpaired) electrons. The van der Waals surface area contributed by atoms with E-state index in [1.807, 2.05) is 24.3 Å². The average Bonchev–Trinajstić information content (AvgIpc) is 3.46. The van der Waals surface area contributed by atoms with Crippen LogP contribution in [0.15, 0.2) is 47.4 Å². The van der Waals surface area contributed by atoms with Gasteiger partial charge >= 0.3 is 5.97 Å². The van der Waals surface area contributed by atoms with Crippen molar-refractivity contribution in [2.75, 3.05) is 24.5 Å². The third-order valence-corrected chi connectivity index (χ3v) is 6.23. The molecule has 0 amide bonds. The standard InChI is InChI=1S/C23H22FN3O4/c24-17-9-15-18(27(14-5-6-14)12-16(22(15)29)23(30)31)10-19(17)26-8-7-25-11-20(26)21(28)13-3-1-2-4-13/h1-4,9-10,12-14,20,25H,5-8,11H2,(H,30,31). The second-order valence-electron chi connectivity index (χ2n) is 8.25. The van der Waals surface area contributed by atoms with Crippen LogP contribution >= 0.6 is 0 Å². The number of pyridine rings is 1. The largest absolute Gasteiger partial charge is 0.477 e. The van der Waals surface area contributed by atoms with Crippen LogP contribution in [-0.4, -0.2) is 47.1 Å². The summed E-state index contributed by atoms with van der Waals surface area (Å²) >= 11 is 0. The van der Waals surface area contributed by atoms with Crippen LogP contribution in [0.1, 0.15) is 29.2 Å². The normalized spacial score (nSPS) is 21.2. The van der Waals surface area contributed by atoms with Crippen molar-refractivity contribution in [3.63, 3.8) is 0 Å². The van der Waals surface area contributed by atoms with E-state index in [1.54, 1.807) is 15.5 Å². The summed E-state index contributed by atoms with van der Waals surface area (Å²) in [6.45, 7) is 1.45. The highest BCUT2D eigenvalue weighted by Gasteiger charge is 2.34. The van der Waals surface area contributed by atoms with Crippen LogP contribution in [-0.2, 0) is 4.79 Å². The number of allylic oxidation sites excluding steroid dienone is 4. The first-order valence-electron chi connectivity index (χ1n) is 10.4. The van der Waals surface area contributed by atoms with Crippen LogP contribution in [0.4, 0.5) is 10.1 Å². The van der Waals surface area contributed by atoms with Gasteiger partial charge in [0.15, 0.2) is 5.78 Å². The van der Waals surface area contributed by atoms with Crippen LogP contribution in [0.3, 0.4) is 0 Å². The zero-order valence-electron chi connectivity index (χ0n) is 16.8. The number of benzene rings is 1. The molecular formula is C23H22FN3O4. The lowest BCUT2D eigenvalue weighted by atomic mass is 9.96. The number of aromatic carboxylic acids is 1. The van der Waals surface area contributed by atoms with Gasteiger partial charge in [0.05, 0.1) is 17.1 Å². The van der Waals surface area contributed by atoms with Crippen molar-refractivity contribution in [2.45, 2.75) is 24.9 Å². The molecule has 1 aliphatic heterocycles. The van der Waals surface area contributed by atoms with Gasteiger partial charge in [0.1, 0.15) is 17.4 Å². The van der Waals surface area contributed by atoms with Crippen molar-refractivity contribution in [3.8, 4) is 0 Å². The van der Waals surface area contributed by atoms with Gasteiger partial charge in [-0.05, 0) is 25.0 Å². The SMILES string of the molecule is O=C(O)c1cn(C2CC2)c2cc(N3CCNCC3C(=O)C3C=CC=C3)c(F)cc2c1=O. The summed E-state index contributed by atoms with van der Waals surface area (Å²) in [5.41, 5.74) is -0.296. The van der Waals surface area contributed by atoms with Crippen molar-refractivity contribution in [3.05, 3.63) is 64.2 Å². The Morgan fingerprint density at radius 1 is 1.16 bits per heavy atom. The van der Waals surface area contributed by atoms with Crippen molar-refractivity contribution < 1.29 is 19.1 Å². The number of piperazine rings is 1. The number of halogens is 1. The lowest BCUT2D eigenvalue weighted by molar-refractivity contribution is -0.121. The Morgan fingerprint density at radius 2 is 1.90 bits per heavy atom. The molecule has 160 valence electrons. The Balaban J connectivity index is 1.64. The topological polar surface area (TPSA) is 91.6 Å². The molecule has 1 aromatic carbocycles. The van der Waals surface area contributed by atoms with Gasteiger partial charge in [-0.2, -0.15) is 0 Å². The van der Waals surface area contributed by atoms with E-state index in [9.17, 15) is 19.5 Å². The van der Waals surface area contributed by atoms with Crippen molar-refractivity contribution in [1.82, 2.24) is 9.88 Å². The number of ketones is 1. The van der Waals surface area contributed by atoms with Crippen LogP contribution in [0, 0.1) is 11.7 Å². The van der Waals surface area contributed by atoms with Crippen LogP contribution in [0.5, 0.6) is 0 Å². The highest BCUT2D eigenvalue weighted by molar-refractivity contribution is 5.95. The minimum atomic E-state index is -1.32. The Bertz CT molecular complexity index is 1200. The number of fused-ring (bicyclic) bond motifs is 1. The third kappa shape index (κ3) is 3.37. The summed E-state index contributed by atoms with van der Waals surface area (Å²) in [6, 6.07) is 2.27. The predicted octanol–water partition coefficient (Wildman–Crippen LogP) is 2.26. The second-order valence-corrected chi connectivity index (χ2v) is 8.25. The Hall–Kier alpha value is -3.26. The molecular weight excluding hydrogens is 401 g/mol. The molecule has 8 heteroatoms. The summed E-state index contributed by atoms with van der Waals surface area (Å²) < 4.78 is 17.1. The maximum atomic E-state index is 15.3. The van der Waals surface area contributed by atoms with Gasteiger partial charge in [-0.15, -0.1) is 0 Å². The van der Waals surface area contributed by atoms with E-state index in [-0.39, 0.29) is 34.4 Å². The molecule has 3 aliphatic rings. The van der Waals surface area contributed by atoms with E-state index in [0.717, 1.165) is 18.9 Å². The van der Waals surface area contributed by atoms with Crippen molar-refractivity contribution in [1.29, 1.82) is 0 Å². The van der Waals surface area contributed by atoms with Gasteiger partial charge < -0.3 is 19.9 Å². The van der Waals surface area contributed by atoms with E-state index in [1.165, 1.54) is 6.20 Å². The van der Waals surface area contributed by atoms with Gasteiger partial charge in [0.2, 0.25) is 5.43 Å². The van der Waals surface area contributed by atoms with E-state index in [2.05, 4.69) is 5.32 Å². The summed E-state index contributed by atoms with van der Waals surface area (Å²) in [5.74, 6) is -2.31. The quantitative estimate of drug-likeness (QED) is 0.767. The Kier molecular flexibility index (Phi) is 4.74. The number of hydrogen-bond acceptors (Lipinski definition) is 5. The number of aromatic nitrogens is 1. The number of nitrogens with one attached hydrogen (secondary N) is 1. The molecule has 7 nitrogen and oxygen atoms in total. The maximum absolute atomic E-state index is 15.3. The molecule has 5 rings (SSSR count). The predicted molar refractivity (Wildman–Crippen MR) is 114 cm³/mol. The van der Waals surface area contributed by atoms with Gasteiger partial charge in [-0.3, -0.25) is 9.59 Å². The number of rotatable bonds is 5. The minimum Gasteiger partial charge on any atom is -0.477 e. The molecule has 2 heterocycles. The number of nitrogens with zero attached hydrogens (tertiary/aromatic N) is 2. The molecule has 2 aliphatic carbocycles. The number of hydrogen-bond donors (Lipinski definition) is 2. The third-order valence-electron chi connectivity index (χ3n) is 6.23. The van der Waals surface area contributed by atoms with E-state index < -0.39 is 23.3 Å². The first-order valence-corrected chi connectivity index (χ1v) is 10.4. The highest BCUT2D eigenvalue weighted by atomic mass is 19.1. The highest BCUT2D eigenvalue weighted by Crippen LogP contribution is 2.38. The van der Waals surface area contributed by atoms with Crippen LogP contribution < -0.4 is 15.6 Å². The summed E-state index contributed by atoms with van der Waals surface area (Å²) in [5, 5.41) is 12.7. The summed E-state index contributed by atoms with van der Waals surface area (Å²) in [6.07, 6.45) is 10.4. The van der Waals surface area contributed by atoms with Crippen molar-refractivity contribution >= 4 is 28.3 Å². The Morgan fingerprint density at radius 3 is 2.58 bits per heavy atom. The van der Waals surface area contributed by atoms with E-state index in [4.69, 9.17) is 0 Å². The molecule has 31 heavy (non-hydrogen) atoms. The first-order chi connectivity index (χ1) is 15.0. The van der Waals surface area contributed by atoms with E-state index >= 15 is 4.39 Å². The minimum absolute atomic E-state index is 0.0162. The average molecular weight is 423 g/mol. The molecule has 1 saturated heterocycles. The number of carboxylic acid groups (broad SMARTS) is 1. The molecule has 2 N–H and O–H groups in total. The summed E-state index contributed by atoms with van der Waals surface area (Å²) in [4.78, 5) is 39.1. The Labute approximate surface area is 177 Å². The number of anilines is 1. The van der Waals surface area contributed by atoms with Gasteiger partial charge in [0.25, 0.3) is 0 Å². The smallest absolute Gasteiger partial charge is 0.341 e. The van der Waals surface area contributed by atoms with E-state index in [0.29, 0.717) is 25.2 Å². The zero-order chi connectivity index (χ0) is 21.7. The molecule has 1 saturated carbocycles. The fraction of sp³-hybridized carbons (Fsp3) is 0.348. The second kappa shape index (κ2) is 7.46. The molecule has 2 aromatic rings. The number of carboxylic acids is 1. The lowest BCUT2D eigenvalue weighted by Crippen LogP contribution is -2.56. The van der Waals surface area contributed by atoms with Gasteiger partial charge in [-0.25, -0.2) is 9.18 Å². The molecule has 0 spiro atoms. The number of carbonyl (C=O) groups excluding carboxylic acids is 1.